The third-order valence-corrected chi connectivity index (χ3v) is 5.72. The zero-order valence-electron chi connectivity index (χ0n) is 8.74. The monoisotopic (exact) mass is 212 g/mol. The summed E-state index contributed by atoms with van der Waals surface area (Å²) in [6.45, 7) is 2.23. The van der Waals surface area contributed by atoms with E-state index in [0.29, 0.717) is 5.54 Å². The molecule has 0 aromatic carbocycles. The number of thioether (sulfide) groups is 1. The van der Waals surface area contributed by atoms with Crippen molar-refractivity contribution in [1.82, 2.24) is 4.90 Å². The molecular formula is C11H20N2S. The third-order valence-electron chi connectivity index (χ3n) is 4.48. The van der Waals surface area contributed by atoms with Crippen LogP contribution in [-0.4, -0.2) is 41.1 Å². The second-order valence-corrected chi connectivity index (χ2v) is 6.32. The summed E-state index contributed by atoms with van der Waals surface area (Å²) in [4.78, 5) is 2.78. The largest absolute Gasteiger partial charge is 0.329 e. The summed E-state index contributed by atoms with van der Waals surface area (Å²) in [5.41, 5.74) is 6.42. The number of hydrogen-bond donors (Lipinski definition) is 1. The Balaban J connectivity index is 1.80. The maximum atomic E-state index is 6.03. The summed E-state index contributed by atoms with van der Waals surface area (Å²) in [5, 5.41) is 0. The molecule has 0 aromatic heterocycles. The molecule has 1 aliphatic carbocycles. The first-order valence-corrected chi connectivity index (χ1v) is 7.04. The number of likely N-dealkylation sites (tertiary alicyclic amines) is 1. The van der Waals surface area contributed by atoms with Crippen LogP contribution in [0.5, 0.6) is 0 Å². The molecular weight excluding hydrogens is 192 g/mol. The number of rotatable bonds is 2. The molecule has 0 radical (unpaired) electrons. The minimum absolute atomic E-state index is 0.393. The van der Waals surface area contributed by atoms with Crippen LogP contribution in [0.4, 0.5) is 0 Å². The van der Waals surface area contributed by atoms with Gasteiger partial charge in [0.1, 0.15) is 0 Å². The van der Waals surface area contributed by atoms with Crippen molar-refractivity contribution in [3.63, 3.8) is 0 Å². The van der Waals surface area contributed by atoms with E-state index in [4.69, 9.17) is 5.73 Å². The van der Waals surface area contributed by atoms with Gasteiger partial charge in [-0.3, -0.25) is 4.90 Å². The van der Waals surface area contributed by atoms with Crippen molar-refractivity contribution >= 4 is 11.8 Å². The molecule has 3 aliphatic rings. The fourth-order valence-electron chi connectivity index (χ4n) is 3.61. The molecule has 3 rings (SSSR count). The zero-order valence-corrected chi connectivity index (χ0v) is 9.56. The quantitative estimate of drug-likeness (QED) is 0.748. The Kier molecular flexibility index (Phi) is 2.30. The van der Waals surface area contributed by atoms with Crippen molar-refractivity contribution in [3.05, 3.63) is 0 Å². The van der Waals surface area contributed by atoms with Crippen LogP contribution in [-0.2, 0) is 0 Å². The summed E-state index contributed by atoms with van der Waals surface area (Å²) in [7, 11) is 0. The van der Waals surface area contributed by atoms with Gasteiger partial charge < -0.3 is 5.73 Å². The predicted molar refractivity (Wildman–Crippen MR) is 61.6 cm³/mol. The maximum Gasteiger partial charge on any atom is 0.0432 e. The van der Waals surface area contributed by atoms with Crippen molar-refractivity contribution < 1.29 is 0 Å². The lowest BCUT2D eigenvalue weighted by Gasteiger charge is -2.42. The number of piperidine rings is 1. The van der Waals surface area contributed by atoms with E-state index in [1.54, 1.807) is 0 Å². The van der Waals surface area contributed by atoms with E-state index in [-0.39, 0.29) is 0 Å². The Morgan fingerprint density at radius 1 is 1.43 bits per heavy atom. The van der Waals surface area contributed by atoms with Gasteiger partial charge in [-0.25, -0.2) is 0 Å². The van der Waals surface area contributed by atoms with Crippen LogP contribution >= 0.6 is 11.8 Å². The van der Waals surface area contributed by atoms with E-state index in [0.717, 1.165) is 18.5 Å². The molecule has 2 aliphatic heterocycles. The third kappa shape index (κ3) is 1.25. The molecule has 3 fully saturated rings. The van der Waals surface area contributed by atoms with Crippen molar-refractivity contribution in [1.29, 1.82) is 0 Å². The van der Waals surface area contributed by atoms with Crippen LogP contribution in [0.15, 0.2) is 0 Å². The maximum absolute atomic E-state index is 6.03. The van der Waals surface area contributed by atoms with E-state index >= 15 is 0 Å². The summed E-state index contributed by atoms with van der Waals surface area (Å²) in [6, 6.07) is 0.891. The highest BCUT2D eigenvalue weighted by Crippen LogP contribution is 2.45. The number of fused-ring (bicyclic) bond motifs is 2. The molecule has 3 unspecified atom stereocenters. The molecule has 14 heavy (non-hydrogen) atoms. The second-order valence-electron chi connectivity index (χ2n) is 5.22. The van der Waals surface area contributed by atoms with Crippen LogP contribution in [0.1, 0.15) is 25.7 Å². The Bertz CT molecular complexity index is 225. The Morgan fingerprint density at radius 3 is 2.86 bits per heavy atom. The average molecular weight is 212 g/mol. The van der Waals surface area contributed by atoms with E-state index < -0.39 is 0 Å². The van der Waals surface area contributed by atoms with Crippen molar-refractivity contribution in [2.45, 2.75) is 37.3 Å². The first-order chi connectivity index (χ1) is 6.84. The van der Waals surface area contributed by atoms with Gasteiger partial charge in [0.2, 0.25) is 0 Å². The van der Waals surface area contributed by atoms with Crippen molar-refractivity contribution in [3.8, 4) is 0 Å². The predicted octanol–water partition coefficient (Wildman–Crippen LogP) is 1.31. The molecule has 2 nitrogen and oxygen atoms in total. The second kappa shape index (κ2) is 3.39. The lowest BCUT2D eigenvalue weighted by Crippen LogP contribution is -2.56. The van der Waals surface area contributed by atoms with Gasteiger partial charge in [0.15, 0.2) is 0 Å². The van der Waals surface area contributed by atoms with Gasteiger partial charge in [0.25, 0.3) is 0 Å². The summed E-state index contributed by atoms with van der Waals surface area (Å²) < 4.78 is 0. The fourth-order valence-corrected chi connectivity index (χ4v) is 5.08. The van der Waals surface area contributed by atoms with E-state index in [1.165, 1.54) is 43.7 Å². The van der Waals surface area contributed by atoms with E-state index in [9.17, 15) is 0 Å². The highest BCUT2D eigenvalue weighted by molar-refractivity contribution is 7.99. The minimum atomic E-state index is 0.393. The Morgan fingerprint density at radius 2 is 2.36 bits per heavy atom. The molecule has 2 saturated heterocycles. The van der Waals surface area contributed by atoms with Gasteiger partial charge in [0.05, 0.1) is 0 Å². The topological polar surface area (TPSA) is 29.3 Å². The van der Waals surface area contributed by atoms with Crippen molar-refractivity contribution in [2.24, 2.45) is 11.7 Å². The van der Waals surface area contributed by atoms with E-state index in [2.05, 4.69) is 16.7 Å². The van der Waals surface area contributed by atoms with Crippen LogP contribution in [0.25, 0.3) is 0 Å². The van der Waals surface area contributed by atoms with Gasteiger partial charge >= 0.3 is 0 Å². The van der Waals surface area contributed by atoms with Gasteiger partial charge in [-0.05, 0) is 37.4 Å². The highest BCUT2D eigenvalue weighted by Gasteiger charge is 2.48. The van der Waals surface area contributed by atoms with Gasteiger partial charge in [-0.15, -0.1) is 0 Å². The lowest BCUT2D eigenvalue weighted by molar-refractivity contribution is 0.0803. The van der Waals surface area contributed by atoms with Crippen LogP contribution < -0.4 is 5.73 Å². The first-order valence-electron chi connectivity index (χ1n) is 5.89. The Labute approximate surface area is 90.6 Å². The smallest absolute Gasteiger partial charge is 0.0432 e. The normalized spacial score (nSPS) is 47.8. The SMILES string of the molecule is NCC1(N2CC3CCC2C3)CCSC1. The number of nitrogens with two attached hydrogens (primary N) is 1. The molecule has 0 aromatic rings. The standard InChI is InChI=1S/C11H20N2S/c12-7-11(3-4-14-8-11)13-6-9-1-2-10(13)5-9/h9-10H,1-8,12H2. The highest BCUT2D eigenvalue weighted by atomic mass is 32.2. The molecule has 0 spiro atoms. The van der Waals surface area contributed by atoms with Crippen molar-refractivity contribution in [2.75, 3.05) is 24.6 Å². The van der Waals surface area contributed by atoms with Gasteiger partial charge in [-0.1, -0.05) is 0 Å². The minimum Gasteiger partial charge on any atom is -0.329 e. The van der Waals surface area contributed by atoms with Crippen LogP contribution in [0, 0.1) is 5.92 Å². The molecule has 1 saturated carbocycles. The molecule has 0 amide bonds. The number of hydrogen-bond acceptors (Lipinski definition) is 3. The molecule has 3 heteroatoms. The molecule has 3 atom stereocenters. The molecule has 80 valence electrons. The van der Waals surface area contributed by atoms with Crippen LogP contribution in [0.2, 0.25) is 0 Å². The summed E-state index contributed by atoms with van der Waals surface area (Å²) in [6.07, 6.45) is 5.72. The van der Waals surface area contributed by atoms with Crippen LogP contribution in [0.3, 0.4) is 0 Å². The van der Waals surface area contributed by atoms with Gasteiger partial charge in [-0.2, -0.15) is 11.8 Å². The molecule has 2 bridgehead atoms. The Hall–Kier alpha value is 0.270. The summed E-state index contributed by atoms with van der Waals surface area (Å²) >= 11 is 2.10. The van der Waals surface area contributed by atoms with Gasteiger partial charge in [0, 0.05) is 30.4 Å². The lowest BCUT2D eigenvalue weighted by atomic mass is 9.93. The van der Waals surface area contributed by atoms with E-state index in [1.807, 2.05) is 0 Å². The number of nitrogens with zero attached hydrogens (tertiary/aromatic N) is 1. The molecule has 2 heterocycles. The fraction of sp³-hybridized carbons (Fsp3) is 1.00. The molecule has 2 N–H and O–H groups in total. The summed E-state index contributed by atoms with van der Waals surface area (Å²) in [5.74, 6) is 3.62. The average Bonchev–Trinajstić information content (AvgIpc) is 2.94. The first kappa shape index (κ1) is 9.49. The zero-order chi connectivity index (χ0) is 9.60.